The molecule has 13 heteroatoms. The number of fused-ring (bicyclic) bond motifs is 1. The Morgan fingerprint density at radius 2 is 1.80 bits per heavy atom. The number of non-ortho nitro benzene ring substituents is 1. The number of nitro benzene ring substituents is 1. The van der Waals surface area contributed by atoms with E-state index in [-0.39, 0.29) is 11.6 Å². The maximum Gasteiger partial charge on any atom is 0.269 e. The van der Waals surface area contributed by atoms with Crippen LogP contribution in [0.1, 0.15) is 5.69 Å². The molecule has 7 N–H and O–H groups in total. The van der Waals surface area contributed by atoms with E-state index in [0.29, 0.717) is 17.6 Å². The first-order valence-corrected chi connectivity index (χ1v) is 10.1. The third-order valence-electron chi connectivity index (χ3n) is 3.44. The van der Waals surface area contributed by atoms with Crippen molar-refractivity contribution in [2.45, 2.75) is 0 Å². The van der Waals surface area contributed by atoms with E-state index in [1.807, 2.05) is 24.3 Å². The molecule has 0 aliphatic heterocycles. The number of H-pyrrole nitrogens is 1. The van der Waals surface area contributed by atoms with Crippen molar-refractivity contribution in [3.63, 3.8) is 0 Å². The monoisotopic (exact) mass is 433 g/mol. The summed E-state index contributed by atoms with van der Waals surface area (Å²) >= 11 is 0. The largest absolute Gasteiger partial charge is 0.369 e. The number of aromatic nitrogens is 1. The molecule has 0 radical (unpaired) electrons. The molecule has 1 aromatic heterocycles. The van der Waals surface area contributed by atoms with Crippen LogP contribution >= 0.6 is 0 Å². The first kappa shape index (κ1) is 22.3. The Labute approximate surface area is 171 Å². The molecule has 0 unspecified atom stereocenters. The van der Waals surface area contributed by atoms with Gasteiger partial charge >= 0.3 is 0 Å². The van der Waals surface area contributed by atoms with E-state index in [9.17, 15) is 18.5 Å². The maximum absolute atomic E-state index is 10.8. The summed E-state index contributed by atoms with van der Waals surface area (Å²) in [6.45, 7) is 0. The Kier molecular flexibility index (Phi) is 7.06. The molecule has 0 spiro atoms. The van der Waals surface area contributed by atoms with Gasteiger partial charge in [-0.25, -0.2) is 0 Å². The average Bonchev–Trinajstić information content (AvgIpc) is 2.98. The molecule has 0 aliphatic rings. The van der Waals surface area contributed by atoms with Crippen molar-refractivity contribution in [1.29, 1.82) is 0 Å². The molecule has 1 heterocycles. The smallest absolute Gasteiger partial charge is 0.269 e. The Morgan fingerprint density at radius 3 is 2.37 bits per heavy atom. The van der Waals surface area contributed by atoms with Gasteiger partial charge in [0.25, 0.3) is 15.8 Å². The number of hydrogen-bond donors (Lipinski definition) is 5. The predicted molar refractivity (Wildman–Crippen MR) is 116 cm³/mol. The molecule has 30 heavy (non-hydrogen) atoms. The maximum atomic E-state index is 10.8. The van der Waals surface area contributed by atoms with Crippen LogP contribution in [0.4, 0.5) is 17.1 Å². The van der Waals surface area contributed by atoms with Crippen molar-refractivity contribution in [2.75, 3.05) is 11.6 Å². The zero-order valence-electron chi connectivity index (χ0n) is 15.7. The standard InChI is InChI=1S/C16H15N7O2.CH4O3S/c17-16(18)22-19-9-14-15(12-3-1-2-4-13(12)21-14)20-10-5-7-11(8-6-10)23(24)25;1-5(2,3)4/h1-9,20-21H,(H4,17,18,22);1H3,(H,2,3,4). The number of guanidine groups is 1. The van der Waals surface area contributed by atoms with Gasteiger partial charge in [0, 0.05) is 28.7 Å². The average molecular weight is 433 g/mol. The summed E-state index contributed by atoms with van der Waals surface area (Å²) in [6, 6.07) is 13.8. The second-order valence-electron chi connectivity index (χ2n) is 5.89. The van der Waals surface area contributed by atoms with Crippen LogP contribution in [0.15, 0.2) is 58.7 Å². The SMILES string of the molecule is CS(=O)(=O)O.NC(N)=NN=Cc1[nH]c2ccccc2c1Nc1ccc([N+](=O)[O-])cc1. The summed E-state index contributed by atoms with van der Waals surface area (Å²) in [5.41, 5.74) is 13.6. The summed E-state index contributed by atoms with van der Waals surface area (Å²) < 4.78 is 25.9. The molecule has 2 aromatic carbocycles. The number of rotatable bonds is 5. The van der Waals surface area contributed by atoms with Gasteiger partial charge in [-0.05, 0) is 18.2 Å². The number of aromatic amines is 1. The van der Waals surface area contributed by atoms with E-state index in [0.717, 1.165) is 16.6 Å². The fraction of sp³-hybridized carbons (Fsp3) is 0.0588. The number of anilines is 2. The molecule has 0 saturated heterocycles. The van der Waals surface area contributed by atoms with Crippen LogP contribution in [0.5, 0.6) is 0 Å². The minimum absolute atomic E-state index is 0.0269. The summed E-state index contributed by atoms with van der Waals surface area (Å²) in [7, 11) is -3.67. The third kappa shape index (κ3) is 6.88. The van der Waals surface area contributed by atoms with Gasteiger partial charge in [-0.2, -0.15) is 13.5 Å². The topological polar surface area (TPSA) is 202 Å². The molecule has 0 bridgehead atoms. The molecule has 0 fully saturated rings. The minimum Gasteiger partial charge on any atom is -0.369 e. The van der Waals surface area contributed by atoms with Gasteiger partial charge in [0.15, 0.2) is 0 Å². The highest BCUT2D eigenvalue weighted by atomic mass is 32.2. The zero-order valence-corrected chi connectivity index (χ0v) is 16.5. The summed E-state index contributed by atoms with van der Waals surface area (Å²) in [5, 5.41) is 22.4. The van der Waals surface area contributed by atoms with Crippen LogP contribution in [0.2, 0.25) is 0 Å². The van der Waals surface area contributed by atoms with Gasteiger partial charge in [-0.1, -0.05) is 18.2 Å². The lowest BCUT2D eigenvalue weighted by atomic mass is 10.2. The number of nitrogens with one attached hydrogen (secondary N) is 2. The van der Waals surface area contributed by atoms with Crippen LogP contribution in [-0.4, -0.2) is 41.3 Å². The van der Waals surface area contributed by atoms with Crippen molar-refractivity contribution in [1.82, 2.24) is 4.98 Å². The molecule has 158 valence electrons. The predicted octanol–water partition coefficient (Wildman–Crippen LogP) is 1.93. The second kappa shape index (κ2) is 9.49. The van der Waals surface area contributed by atoms with E-state index in [4.69, 9.17) is 16.0 Å². The van der Waals surface area contributed by atoms with Gasteiger partial charge in [0.1, 0.15) is 0 Å². The van der Waals surface area contributed by atoms with Crippen molar-refractivity contribution in [2.24, 2.45) is 21.7 Å². The van der Waals surface area contributed by atoms with E-state index < -0.39 is 15.0 Å². The number of benzene rings is 2. The van der Waals surface area contributed by atoms with Crippen molar-refractivity contribution < 1.29 is 17.9 Å². The molecule has 0 amide bonds. The van der Waals surface area contributed by atoms with E-state index in [2.05, 4.69) is 20.5 Å². The lowest BCUT2D eigenvalue weighted by Gasteiger charge is -2.06. The van der Waals surface area contributed by atoms with Gasteiger partial charge in [-0.15, -0.1) is 5.10 Å². The highest BCUT2D eigenvalue weighted by Crippen LogP contribution is 2.30. The molecule has 12 nitrogen and oxygen atoms in total. The van der Waals surface area contributed by atoms with Crippen LogP contribution in [0.25, 0.3) is 10.9 Å². The molecular weight excluding hydrogens is 414 g/mol. The fourth-order valence-electron chi connectivity index (χ4n) is 2.36. The Bertz CT molecular complexity index is 1190. The number of nitro groups is 1. The number of nitrogens with two attached hydrogens (primary N) is 2. The van der Waals surface area contributed by atoms with E-state index in [1.165, 1.54) is 18.3 Å². The van der Waals surface area contributed by atoms with Crippen LogP contribution in [-0.2, 0) is 10.1 Å². The molecule has 3 rings (SSSR count). The first-order valence-electron chi connectivity index (χ1n) is 8.21. The number of nitrogens with zero attached hydrogens (tertiary/aromatic N) is 3. The zero-order chi connectivity index (χ0) is 22.3. The van der Waals surface area contributed by atoms with Gasteiger partial charge in [-0.3, -0.25) is 14.7 Å². The molecule has 0 atom stereocenters. The third-order valence-corrected chi connectivity index (χ3v) is 3.44. The number of hydrogen-bond acceptors (Lipinski definition) is 7. The Morgan fingerprint density at radius 1 is 1.20 bits per heavy atom. The molecule has 3 aromatic rings. The van der Waals surface area contributed by atoms with Crippen LogP contribution in [0, 0.1) is 10.1 Å². The normalized spacial score (nSPS) is 11.0. The van der Waals surface area contributed by atoms with E-state index >= 15 is 0 Å². The number of para-hydroxylation sites is 1. The summed E-state index contributed by atoms with van der Waals surface area (Å²) in [4.78, 5) is 13.5. The van der Waals surface area contributed by atoms with Crippen molar-refractivity contribution in [3.05, 3.63) is 64.3 Å². The Balaban J connectivity index is 0.000000575. The van der Waals surface area contributed by atoms with Crippen molar-refractivity contribution >= 4 is 50.3 Å². The molecule has 0 saturated carbocycles. The summed E-state index contributed by atoms with van der Waals surface area (Å²) in [6.07, 6.45) is 2.21. The van der Waals surface area contributed by atoms with E-state index in [1.54, 1.807) is 12.1 Å². The second-order valence-corrected chi connectivity index (χ2v) is 7.36. The lowest BCUT2D eigenvalue weighted by molar-refractivity contribution is -0.384. The highest BCUT2D eigenvalue weighted by Gasteiger charge is 2.11. The van der Waals surface area contributed by atoms with Gasteiger partial charge in [0.05, 0.1) is 28.8 Å². The van der Waals surface area contributed by atoms with Crippen LogP contribution < -0.4 is 16.8 Å². The Hall–Kier alpha value is -3.97. The van der Waals surface area contributed by atoms with Gasteiger partial charge < -0.3 is 21.8 Å². The van der Waals surface area contributed by atoms with Crippen molar-refractivity contribution in [3.8, 4) is 0 Å². The lowest BCUT2D eigenvalue weighted by Crippen LogP contribution is -2.21. The fourth-order valence-corrected chi connectivity index (χ4v) is 2.36. The first-order chi connectivity index (χ1) is 14.0. The minimum atomic E-state index is -3.67. The quantitative estimate of drug-likeness (QED) is 0.132. The molecular formula is C17H19N7O5S. The molecule has 0 aliphatic carbocycles. The summed E-state index contributed by atoms with van der Waals surface area (Å²) in [5.74, 6) is -0.141. The highest BCUT2D eigenvalue weighted by molar-refractivity contribution is 7.85. The van der Waals surface area contributed by atoms with Gasteiger partial charge in [0.2, 0.25) is 5.96 Å². The van der Waals surface area contributed by atoms with Crippen LogP contribution in [0.3, 0.4) is 0 Å².